The molecule has 2 aromatic heterocycles. The maximum Gasteiger partial charge on any atom is 1.00 e. The first kappa shape index (κ1) is 11.4. The third-order valence-electron chi connectivity index (χ3n) is 1.68. The number of imidazole rings is 1. The second-order valence-corrected chi connectivity index (χ2v) is 2.84. The fraction of sp³-hybridized carbons (Fsp3) is 0.125. The molecule has 0 fully saturated rings. The number of nitrogens with zero attached hydrogens (tertiary/aromatic N) is 2. The van der Waals surface area contributed by atoms with E-state index in [2.05, 4.69) is 4.98 Å². The van der Waals surface area contributed by atoms with Gasteiger partial charge in [-0.05, 0) is 6.20 Å². The molecule has 0 aliphatic carbocycles. The summed E-state index contributed by atoms with van der Waals surface area (Å²) in [5.41, 5.74) is 0.848. The first-order valence-electron chi connectivity index (χ1n) is 3.49. The van der Waals surface area contributed by atoms with Crippen LogP contribution in [0.1, 0.15) is 0 Å². The Morgan fingerprint density at radius 1 is 1.54 bits per heavy atom. The van der Waals surface area contributed by atoms with Crippen molar-refractivity contribution < 1.29 is 56.1 Å². The van der Waals surface area contributed by atoms with Crippen molar-refractivity contribution in [1.82, 2.24) is 9.38 Å². The topological polar surface area (TPSA) is 26.5 Å². The Hall–Kier alpha value is 0.346. The summed E-state index contributed by atoms with van der Waals surface area (Å²) < 4.78 is 6.93. The quantitative estimate of drug-likeness (QED) is 0.420. The zero-order valence-electron chi connectivity index (χ0n) is 7.52. The van der Waals surface area contributed by atoms with Gasteiger partial charge in [-0.1, -0.05) is 0 Å². The molecule has 0 N–H and O–H groups in total. The van der Waals surface area contributed by atoms with Crippen LogP contribution in [0.15, 0.2) is 29.6 Å². The number of aromatic nitrogens is 2. The number of pyridine rings is 1. The Bertz CT molecular complexity index is 415. The van der Waals surface area contributed by atoms with Crippen LogP contribution in [-0.4, -0.2) is 16.5 Å². The zero-order valence-corrected chi connectivity index (χ0v) is 11.5. The SMILES string of the molecule is COc1cc2nccn2cc1[S-].[K+]. The summed E-state index contributed by atoms with van der Waals surface area (Å²) in [5.74, 6) is 0.698. The van der Waals surface area contributed by atoms with Gasteiger partial charge in [-0.3, -0.25) is 0 Å². The van der Waals surface area contributed by atoms with Crippen molar-refractivity contribution in [1.29, 1.82) is 0 Å². The van der Waals surface area contributed by atoms with Gasteiger partial charge in [0, 0.05) is 18.5 Å². The molecule has 0 unspecified atom stereocenters. The minimum atomic E-state index is 0. The van der Waals surface area contributed by atoms with Gasteiger partial charge in [-0.25, -0.2) is 4.98 Å². The number of methoxy groups -OCH3 is 1. The first-order chi connectivity index (χ1) is 5.81. The van der Waals surface area contributed by atoms with Crippen LogP contribution in [-0.2, 0) is 12.6 Å². The molecule has 0 spiro atoms. The van der Waals surface area contributed by atoms with Gasteiger partial charge in [0.1, 0.15) is 11.4 Å². The van der Waals surface area contributed by atoms with Gasteiger partial charge >= 0.3 is 51.4 Å². The number of hydrogen-bond acceptors (Lipinski definition) is 3. The van der Waals surface area contributed by atoms with Crippen LogP contribution in [0.2, 0.25) is 0 Å². The maximum atomic E-state index is 5.07. The molecule has 5 heteroatoms. The molecule has 0 aliphatic rings. The molecule has 0 saturated carbocycles. The van der Waals surface area contributed by atoms with Crippen LogP contribution < -0.4 is 56.1 Å². The van der Waals surface area contributed by atoms with Crippen molar-refractivity contribution in [3.05, 3.63) is 24.7 Å². The standard InChI is InChI=1S/C8H8N2OS.K/c1-11-6-4-8-9-2-3-10(8)5-7(6)12;/h2-5,12H,1H3;/q;+1/p-1. The summed E-state index contributed by atoms with van der Waals surface area (Å²) in [6.45, 7) is 0. The first-order valence-corrected chi connectivity index (χ1v) is 3.90. The van der Waals surface area contributed by atoms with Crippen molar-refractivity contribution in [2.75, 3.05) is 7.11 Å². The summed E-state index contributed by atoms with van der Waals surface area (Å²) in [6, 6.07) is 1.82. The molecule has 0 bridgehead atoms. The summed E-state index contributed by atoms with van der Waals surface area (Å²) in [4.78, 5) is 4.80. The second-order valence-electron chi connectivity index (χ2n) is 2.40. The van der Waals surface area contributed by atoms with E-state index < -0.39 is 0 Å². The predicted octanol–water partition coefficient (Wildman–Crippen LogP) is -1.75. The Morgan fingerprint density at radius 2 is 2.31 bits per heavy atom. The monoisotopic (exact) mass is 218 g/mol. The molecule has 0 aromatic carbocycles. The van der Waals surface area contributed by atoms with E-state index in [4.69, 9.17) is 17.4 Å². The molecule has 13 heavy (non-hydrogen) atoms. The average Bonchev–Trinajstić information content (AvgIpc) is 2.49. The van der Waals surface area contributed by atoms with E-state index in [-0.39, 0.29) is 51.4 Å². The van der Waals surface area contributed by atoms with Crippen molar-refractivity contribution in [2.45, 2.75) is 4.90 Å². The third kappa shape index (κ3) is 2.23. The van der Waals surface area contributed by atoms with Gasteiger partial charge in [-0.2, -0.15) is 0 Å². The van der Waals surface area contributed by atoms with E-state index in [1.807, 2.05) is 22.9 Å². The molecule has 2 heterocycles. The van der Waals surface area contributed by atoms with E-state index in [0.717, 1.165) is 5.65 Å². The molecule has 0 atom stereocenters. The minimum Gasteiger partial charge on any atom is -0.775 e. The molecule has 0 aliphatic heterocycles. The number of fused-ring (bicyclic) bond motifs is 1. The van der Waals surface area contributed by atoms with E-state index >= 15 is 0 Å². The number of hydrogen-bond donors (Lipinski definition) is 0. The normalized spacial score (nSPS) is 9.62. The molecule has 2 rings (SSSR count). The van der Waals surface area contributed by atoms with Gasteiger partial charge in [0.2, 0.25) is 0 Å². The Labute approximate surface area is 124 Å². The van der Waals surface area contributed by atoms with Crippen molar-refractivity contribution in [2.24, 2.45) is 0 Å². The van der Waals surface area contributed by atoms with Gasteiger partial charge in [0.15, 0.2) is 0 Å². The summed E-state index contributed by atoms with van der Waals surface area (Å²) in [6.07, 6.45) is 5.39. The van der Waals surface area contributed by atoms with E-state index in [1.54, 1.807) is 13.3 Å². The molecule has 62 valence electrons. The fourth-order valence-electron chi connectivity index (χ4n) is 1.08. The fourth-order valence-corrected chi connectivity index (χ4v) is 1.34. The van der Waals surface area contributed by atoms with Crippen LogP contribution in [0.3, 0.4) is 0 Å². The van der Waals surface area contributed by atoms with E-state index in [1.165, 1.54) is 0 Å². The van der Waals surface area contributed by atoms with E-state index in [0.29, 0.717) is 10.6 Å². The van der Waals surface area contributed by atoms with E-state index in [9.17, 15) is 0 Å². The molecule has 2 aromatic rings. The van der Waals surface area contributed by atoms with Crippen molar-refractivity contribution >= 4 is 18.3 Å². The molecule has 0 radical (unpaired) electrons. The van der Waals surface area contributed by atoms with Crippen LogP contribution in [0.5, 0.6) is 5.75 Å². The second kappa shape index (κ2) is 4.72. The number of rotatable bonds is 1. The molecular formula is C8H7KN2OS. The number of ether oxygens (including phenoxy) is 1. The molecule has 3 nitrogen and oxygen atoms in total. The zero-order chi connectivity index (χ0) is 8.55. The summed E-state index contributed by atoms with van der Waals surface area (Å²) >= 11 is 5.07. The molecule has 0 amide bonds. The van der Waals surface area contributed by atoms with Gasteiger partial charge in [-0.15, -0.1) is 4.90 Å². The average molecular weight is 218 g/mol. The van der Waals surface area contributed by atoms with Crippen LogP contribution >= 0.6 is 0 Å². The summed E-state index contributed by atoms with van der Waals surface area (Å²) in [7, 11) is 1.60. The predicted molar refractivity (Wildman–Crippen MR) is 47.4 cm³/mol. The smallest absolute Gasteiger partial charge is 0.775 e. The maximum absolute atomic E-state index is 5.07. The van der Waals surface area contributed by atoms with Crippen molar-refractivity contribution in [3.8, 4) is 5.75 Å². The molecular weight excluding hydrogens is 211 g/mol. The largest absolute Gasteiger partial charge is 1.00 e. The Morgan fingerprint density at radius 3 is 3.00 bits per heavy atom. The molecule has 0 saturated heterocycles. The Balaban J connectivity index is 0.000000845. The van der Waals surface area contributed by atoms with Gasteiger partial charge in [0.05, 0.1) is 7.11 Å². The van der Waals surface area contributed by atoms with Crippen molar-refractivity contribution in [3.63, 3.8) is 0 Å². The van der Waals surface area contributed by atoms with Crippen LogP contribution in [0.25, 0.3) is 5.65 Å². The van der Waals surface area contributed by atoms with Crippen LogP contribution in [0.4, 0.5) is 0 Å². The van der Waals surface area contributed by atoms with Crippen LogP contribution in [0, 0.1) is 0 Å². The minimum absolute atomic E-state index is 0. The third-order valence-corrected chi connectivity index (χ3v) is 1.98. The Kier molecular flexibility index (Phi) is 4.15. The van der Waals surface area contributed by atoms with Gasteiger partial charge < -0.3 is 21.8 Å². The van der Waals surface area contributed by atoms with Gasteiger partial charge in [0.25, 0.3) is 0 Å². The summed E-state index contributed by atoms with van der Waals surface area (Å²) in [5, 5.41) is 0.